The van der Waals surface area contributed by atoms with Crippen LogP contribution < -0.4 is 5.32 Å². The van der Waals surface area contributed by atoms with Crippen molar-refractivity contribution >= 4 is 22.4 Å². The quantitative estimate of drug-likeness (QED) is 0.877. The summed E-state index contributed by atoms with van der Waals surface area (Å²) in [6, 6.07) is 0. The average Bonchev–Trinajstić information content (AvgIpc) is 2.80. The third-order valence-electron chi connectivity index (χ3n) is 3.74. The van der Waals surface area contributed by atoms with Gasteiger partial charge in [-0.1, -0.05) is 31.1 Å². The number of aromatic nitrogens is 2. The number of amides is 1. The van der Waals surface area contributed by atoms with Crippen LogP contribution in [0.3, 0.4) is 0 Å². The lowest BCUT2D eigenvalue weighted by molar-refractivity contribution is -0.131. The van der Waals surface area contributed by atoms with E-state index < -0.39 is 0 Å². The first-order valence-corrected chi connectivity index (χ1v) is 8.38. The van der Waals surface area contributed by atoms with Gasteiger partial charge in [0.1, 0.15) is 5.01 Å². The van der Waals surface area contributed by atoms with Gasteiger partial charge in [-0.3, -0.25) is 4.79 Å². The number of carbonyl (C=O) groups excluding carboxylic acids is 1. The Hall–Kier alpha value is -1.17. The number of anilines is 1. The summed E-state index contributed by atoms with van der Waals surface area (Å²) in [7, 11) is 0. The molecule has 1 fully saturated rings. The smallest absolute Gasteiger partial charge is 0.222 e. The second-order valence-corrected chi connectivity index (χ2v) is 6.39. The van der Waals surface area contributed by atoms with Crippen molar-refractivity contribution in [3.63, 3.8) is 0 Å². The van der Waals surface area contributed by atoms with Crippen LogP contribution in [0.15, 0.2) is 0 Å². The van der Waals surface area contributed by atoms with E-state index in [1.165, 1.54) is 12.8 Å². The van der Waals surface area contributed by atoms with Gasteiger partial charge in [-0.05, 0) is 25.7 Å². The molecule has 1 unspecified atom stereocenters. The van der Waals surface area contributed by atoms with Gasteiger partial charge in [0, 0.05) is 19.5 Å². The SMILES string of the molecule is CCCC1CCC(=O)N(Cc2nnc(NCC)s2)CC1. The second kappa shape index (κ2) is 7.57. The first kappa shape index (κ1) is 15.2. The number of nitrogens with zero attached hydrogens (tertiary/aromatic N) is 3. The first-order chi connectivity index (χ1) is 9.72. The maximum atomic E-state index is 12.2. The maximum absolute atomic E-state index is 12.2. The van der Waals surface area contributed by atoms with E-state index in [0.717, 1.165) is 36.1 Å². The highest BCUT2D eigenvalue weighted by atomic mass is 32.1. The highest BCUT2D eigenvalue weighted by Gasteiger charge is 2.23. The third kappa shape index (κ3) is 4.16. The van der Waals surface area contributed by atoms with Crippen molar-refractivity contribution in [2.45, 2.75) is 52.5 Å². The number of hydrogen-bond acceptors (Lipinski definition) is 5. The van der Waals surface area contributed by atoms with Crippen LogP contribution in [-0.2, 0) is 11.3 Å². The molecule has 0 radical (unpaired) electrons. The van der Waals surface area contributed by atoms with Gasteiger partial charge in [0.2, 0.25) is 11.0 Å². The van der Waals surface area contributed by atoms with Crippen LogP contribution in [0.25, 0.3) is 0 Å². The fourth-order valence-corrected chi connectivity index (χ4v) is 3.48. The predicted molar refractivity (Wildman–Crippen MR) is 81.7 cm³/mol. The molecule has 5 nitrogen and oxygen atoms in total. The molecule has 6 heteroatoms. The van der Waals surface area contributed by atoms with Crippen LogP contribution in [-0.4, -0.2) is 34.1 Å². The lowest BCUT2D eigenvalue weighted by Crippen LogP contribution is -2.29. The summed E-state index contributed by atoms with van der Waals surface area (Å²) in [6.45, 7) is 6.57. The summed E-state index contributed by atoms with van der Waals surface area (Å²) in [5.74, 6) is 0.976. The van der Waals surface area contributed by atoms with E-state index >= 15 is 0 Å². The Morgan fingerprint density at radius 2 is 2.20 bits per heavy atom. The second-order valence-electron chi connectivity index (χ2n) is 5.33. The van der Waals surface area contributed by atoms with Crippen molar-refractivity contribution in [1.82, 2.24) is 15.1 Å². The van der Waals surface area contributed by atoms with Gasteiger partial charge >= 0.3 is 0 Å². The number of hydrogen-bond donors (Lipinski definition) is 1. The van der Waals surface area contributed by atoms with Crippen molar-refractivity contribution in [1.29, 1.82) is 0 Å². The average molecular weight is 296 g/mol. The monoisotopic (exact) mass is 296 g/mol. The van der Waals surface area contributed by atoms with E-state index in [1.54, 1.807) is 11.3 Å². The zero-order valence-electron chi connectivity index (χ0n) is 12.4. The third-order valence-corrected chi connectivity index (χ3v) is 4.61. The summed E-state index contributed by atoms with van der Waals surface area (Å²) in [6.07, 6.45) is 5.30. The molecule has 1 atom stereocenters. The molecular weight excluding hydrogens is 272 g/mol. The molecule has 2 heterocycles. The molecule has 1 amide bonds. The normalized spacial score (nSPS) is 20.0. The van der Waals surface area contributed by atoms with Gasteiger partial charge in [0.05, 0.1) is 6.54 Å². The van der Waals surface area contributed by atoms with Crippen molar-refractivity contribution < 1.29 is 4.79 Å². The van der Waals surface area contributed by atoms with E-state index in [1.807, 2.05) is 11.8 Å². The Labute approximate surface area is 124 Å². The molecule has 0 saturated carbocycles. The molecule has 1 aliphatic rings. The molecule has 2 rings (SSSR count). The van der Waals surface area contributed by atoms with Crippen LogP contribution >= 0.6 is 11.3 Å². The molecule has 1 saturated heterocycles. The molecule has 1 N–H and O–H groups in total. The van der Waals surface area contributed by atoms with E-state index in [4.69, 9.17) is 0 Å². The van der Waals surface area contributed by atoms with Crippen LogP contribution in [0.2, 0.25) is 0 Å². The molecule has 0 aliphatic carbocycles. The minimum atomic E-state index is 0.267. The molecule has 20 heavy (non-hydrogen) atoms. The van der Waals surface area contributed by atoms with Crippen LogP contribution in [0.1, 0.15) is 51.0 Å². The standard InChI is InChI=1S/C14H24N4OS/c1-3-5-11-6-7-13(19)18(9-8-11)10-12-16-17-14(20-12)15-4-2/h11H,3-10H2,1-2H3,(H,15,17). The van der Waals surface area contributed by atoms with Crippen LogP contribution in [0.4, 0.5) is 5.13 Å². The fourth-order valence-electron chi connectivity index (χ4n) is 2.66. The zero-order chi connectivity index (χ0) is 14.4. The Morgan fingerprint density at radius 3 is 2.95 bits per heavy atom. The number of nitrogens with one attached hydrogen (secondary N) is 1. The first-order valence-electron chi connectivity index (χ1n) is 7.57. The Morgan fingerprint density at radius 1 is 1.35 bits per heavy atom. The summed E-state index contributed by atoms with van der Waals surface area (Å²) in [5, 5.41) is 13.2. The Bertz CT molecular complexity index is 435. The number of likely N-dealkylation sites (tertiary alicyclic amines) is 1. The molecular formula is C14H24N4OS. The highest BCUT2D eigenvalue weighted by Crippen LogP contribution is 2.24. The largest absolute Gasteiger partial charge is 0.360 e. The fraction of sp³-hybridized carbons (Fsp3) is 0.786. The maximum Gasteiger partial charge on any atom is 0.222 e. The zero-order valence-corrected chi connectivity index (χ0v) is 13.2. The van der Waals surface area contributed by atoms with E-state index in [2.05, 4.69) is 22.4 Å². The minimum Gasteiger partial charge on any atom is -0.360 e. The summed E-state index contributed by atoms with van der Waals surface area (Å²) in [4.78, 5) is 14.1. The molecule has 112 valence electrons. The predicted octanol–water partition coefficient (Wildman–Crippen LogP) is 2.90. The number of carbonyl (C=O) groups is 1. The topological polar surface area (TPSA) is 58.1 Å². The molecule has 1 aromatic heterocycles. The van der Waals surface area contributed by atoms with Crippen molar-refractivity contribution in [3.05, 3.63) is 5.01 Å². The molecule has 1 aromatic rings. The van der Waals surface area contributed by atoms with Crippen LogP contribution in [0, 0.1) is 5.92 Å². The van der Waals surface area contributed by atoms with Gasteiger partial charge in [-0.2, -0.15) is 0 Å². The lowest BCUT2D eigenvalue weighted by Gasteiger charge is -2.19. The van der Waals surface area contributed by atoms with Gasteiger partial charge in [0.25, 0.3) is 0 Å². The molecule has 0 aromatic carbocycles. The minimum absolute atomic E-state index is 0.267. The molecule has 0 spiro atoms. The summed E-state index contributed by atoms with van der Waals surface area (Å²) >= 11 is 1.54. The van der Waals surface area contributed by atoms with E-state index in [-0.39, 0.29) is 5.91 Å². The van der Waals surface area contributed by atoms with Crippen molar-refractivity contribution in [3.8, 4) is 0 Å². The molecule has 0 bridgehead atoms. The lowest BCUT2D eigenvalue weighted by atomic mass is 9.96. The van der Waals surface area contributed by atoms with Gasteiger partial charge in [-0.25, -0.2) is 0 Å². The number of rotatable bonds is 6. The van der Waals surface area contributed by atoms with E-state index in [0.29, 0.717) is 18.9 Å². The Balaban J connectivity index is 1.91. The van der Waals surface area contributed by atoms with Crippen LogP contribution in [0.5, 0.6) is 0 Å². The Kier molecular flexibility index (Phi) is 5.76. The summed E-state index contributed by atoms with van der Waals surface area (Å²) in [5.41, 5.74) is 0. The van der Waals surface area contributed by atoms with E-state index in [9.17, 15) is 4.79 Å². The molecule has 1 aliphatic heterocycles. The highest BCUT2D eigenvalue weighted by molar-refractivity contribution is 7.15. The van der Waals surface area contributed by atoms with Gasteiger partial charge in [-0.15, -0.1) is 10.2 Å². The van der Waals surface area contributed by atoms with Crippen molar-refractivity contribution in [2.75, 3.05) is 18.4 Å². The van der Waals surface area contributed by atoms with Gasteiger partial charge < -0.3 is 10.2 Å². The summed E-state index contributed by atoms with van der Waals surface area (Å²) < 4.78 is 0. The van der Waals surface area contributed by atoms with Gasteiger partial charge in [0.15, 0.2) is 0 Å². The van der Waals surface area contributed by atoms with Crippen molar-refractivity contribution in [2.24, 2.45) is 5.92 Å².